The third kappa shape index (κ3) is 4.14. The van der Waals surface area contributed by atoms with E-state index in [0.717, 1.165) is 18.2 Å². The molecule has 0 radical (unpaired) electrons. The van der Waals surface area contributed by atoms with Gasteiger partial charge in [-0.15, -0.1) is 0 Å². The molecule has 3 heterocycles. The highest BCUT2D eigenvalue weighted by atomic mass is 16.3. The second kappa shape index (κ2) is 7.77. The lowest BCUT2D eigenvalue weighted by Crippen LogP contribution is -2.37. The molecule has 0 saturated carbocycles. The molecule has 2 fully saturated rings. The van der Waals surface area contributed by atoms with E-state index < -0.39 is 0 Å². The fourth-order valence-corrected chi connectivity index (χ4v) is 4.16. The molecule has 1 aromatic heterocycles. The maximum absolute atomic E-state index is 9.14. The largest absolute Gasteiger partial charge is 0.394 e. The molecule has 0 aromatic carbocycles. The topological polar surface area (TPSA) is 44.5 Å². The summed E-state index contributed by atoms with van der Waals surface area (Å²) in [5.41, 5.74) is 3.70. The predicted octanol–water partition coefficient (Wildman–Crippen LogP) is 1.80. The number of hydrogen-bond acceptors (Lipinski definition) is 4. The zero-order valence-corrected chi connectivity index (χ0v) is 14.8. The number of hydrogen-bond donors (Lipinski definition) is 1. The van der Waals surface area contributed by atoms with Crippen molar-refractivity contribution in [3.05, 3.63) is 17.0 Å². The molecule has 1 aromatic rings. The van der Waals surface area contributed by atoms with Gasteiger partial charge < -0.3 is 10.0 Å². The van der Waals surface area contributed by atoms with Crippen LogP contribution in [-0.2, 0) is 13.1 Å². The van der Waals surface area contributed by atoms with Crippen LogP contribution in [0.15, 0.2) is 0 Å². The van der Waals surface area contributed by atoms with E-state index >= 15 is 0 Å². The predicted molar refractivity (Wildman–Crippen MR) is 92.5 cm³/mol. The number of rotatable bonds is 6. The van der Waals surface area contributed by atoms with E-state index in [4.69, 9.17) is 5.11 Å². The van der Waals surface area contributed by atoms with Crippen LogP contribution in [0.25, 0.3) is 0 Å². The first-order chi connectivity index (χ1) is 11.2. The smallest absolute Gasteiger partial charge is 0.0644 e. The second-order valence-corrected chi connectivity index (χ2v) is 7.32. The number of nitrogens with zero attached hydrogens (tertiary/aromatic N) is 4. The Hall–Kier alpha value is -0.910. The summed E-state index contributed by atoms with van der Waals surface area (Å²) >= 11 is 0. The molecule has 5 nitrogen and oxygen atoms in total. The Labute approximate surface area is 140 Å². The third-order valence-corrected chi connectivity index (χ3v) is 5.65. The second-order valence-electron chi connectivity index (χ2n) is 7.32. The zero-order valence-electron chi connectivity index (χ0n) is 14.8. The third-order valence-electron chi connectivity index (χ3n) is 5.65. The van der Waals surface area contributed by atoms with Gasteiger partial charge in [-0.2, -0.15) is 5.10 Å². The van der Waals surface area contributed by atoms with Gasteiger partial charge in [0.2, 0.25) is 0 Å². The first-order valence-electron chi connectivity index (χ1n) is 9.26. The van der Waals surface area contributed by atoms with Crippen molar-refractivity contribution in [2.75, 3.05) is 39.3 Å². The first-order valence-corrected chi connectivity index (χ1v) is 9.26. The number of likely N-dealkylation sites (tertiary alicyclic amines) is 2. The van der Waals surface area contributed by atoms with Crippen molar-refractivity contribution in [1.29, 1.82) is 0 Å². The van der Waals surface area contributed by atoms with Crippen LogP contribution in [0, 0.1) is 19.8 Å². The Kier molecular flexibility index (Phi) is 5.72. The molecule has 3 rings (SSSR count). The summed E-state index contributed by atoms with van der Waals surface area (Å²) < 4.78 is 1.95. The normalized spacial score (nSPS) is 21.3. The maximum atomic E-state index is 9.14. The van der Waals surface area contributed by atoms with Crippen molar-refractivity contribution in [2.45, 2.75) is 52.6 Å². The molecule has 2 aliphatic rings. The van der Waals surface area contributed by atoms with Gasteiger partial charge in [0.05, 0.1) is 18.8 Å². The van der Waals surface area contributed by atoms with Crippen LogP contribution in [0.1, 0.15) is 42.6 Å². The molecule has 0 atom stereocenters. The highest BCUT2D eigenvalue weighted by molar-refractivity contribution is 5.24. The van der Waals surface area contributed by atoms with Crippen LogP contribution in [-0.4, -0.2) is 64.0 Å². The summed E-state index contributed by atoms with van der Waals surface area (Å²) in [4.78, 5) is 5.24. The van der Waals surface area contributed by atoms with Gasteiger partial charge in [-0.1, -0.05) is 0 Å². The lowest BCUT2D eigenvalue weighted by Gasteiger charge is -2.33. The van der Waals surface area contributed by atoms with Gasteiger partial charge in [-0.25, -0.2) is 0 Å². The van der Waals surface area contributed by atoms with Crippen LogP contribution in [0.5, 0.6) is 0 Å². The van der Waals surface area contributed by atoms with Crippen LogP contribution in [0.4, 0.5) is 0 Å². The summed E-state index contributed by atoms with van der Waals surface area (Å²) in [7, 11) is 0. The van der Waals surface area contributed by atoms with Crippen molar-refractivity contribution in [1.82, 2.24) is 19.6 Å². The Bertz CT molecular complexity index is 499. The molecule has 0 unspecified atom stereocenters. The molecule has 0 amide bonds. The molecule has 2 saturated heterocycles. The van der Waals surface area contributed by atoms with E-state index in [1.807, 2.05) is 4.68 Å². The lowest BCUT2D eigenvalue weighted by molar-refractivity contribution is 0.148. The number of aliphatic hydroxyl groups excluding tert-OH is 1. The minimum Gasteiger partial charge on any atom is -0.394 e. The molecular formula is C18H32N4O. The molecule has 0 aliphatic carbocycles. The number of aryl methyl sites for hydroxylation is 1. The Morgan fingerprint density at radius 1 is 1.04 bits per heavy atom. The number of aromatic nitrogens is 2. The van der Waals surface area contributed by atoms with Crippen LogP contribution >= 0.6 is 0 Å². The standard InChI is InChI=1S/C18H32N4O/c1-15-18(16(2)22(19-15)11-12-23)14-21-9-5-17(6-10-21)13-20-7-3-4-8-20/h17,23H,3-14H2,1-2H3. The van der Waals surface area contributed by atoms with Crippen molar-refractivity contribution < 1.29 is 5.11 Å². The van der Waals surface area contributed by atoms with Gasteiger partial charge in [0.15, 0.2) is 0 Å². The van der Waals surface area contributed by atoms with Gasteiger partial charge in [0.1, 0.15) is 0 Å². The molecule has 130 valence electrons. The van der Waals surface area contributed by atoms with E-state index in [-0.39, 0.29) is 6.61 Å². The van der Waals surface area contributed by atoms with Crippen LogP contribution < -0.4 is 0 Å². The summed E-state index contributed by atoms with van der Waals surface area (Å²) in [6.45, 7) is 12.4. The van der Waals surface area contributed by atoms with Crippen LogP contribution in [0.3, 0.4) is 0 Å². The van der Waals surface area contributed by atoms with E-state index in [0.29, 0.717) is 6.54 Å². The fraction of sp³-hybridized carbons (Fsp3) is 0.833. The van der Waals surface area contributed by atoms with Crippen LogP contribution in [0.2, 0.25) is 0 Å². The molecule has 23 heavy (non-hydrogen) atoms. The monoisotopic (exact) mass is 320 g/mol. The number of piperidine rings is 1. The van der Waals surface area contributed by atoms with Gasteiger partial charge in [0.25, 0.3) is 0 Å². The van der Waals surface area contributed by atoms with Gasteiger partial charge >= 0.3 is 0 Å². The highest BCUT2D eigenvalue weighted by Gasteiger charge is 2.24. The van der Waals surface area contributed by atoms with Crippen molar-refractivity contribution in [2.24, 2.45) is 5.92 Å². The molecule has 2 aliphatic heterocycles. The maximum Gasteiger partial charge on any atom is 0.0644 e. The summed E-state index contributed by atoms with van der Waals surface area (Å²) in [5, 5.41) is 13.7. The van der Waals surface area contributed by atoms with E-state index in [1.165, 1.54) is 69.7 Å². The van der Waals surface area contributed by atoms with E-state index in [9.17, 15) is 0 Å². The fourth-order valence-electron chi connectivity index (χ4n) is 4.16. The average molecular weight is 320 g/mol. The summed E-state index contributed by atoms with van der Waals surface area (Å²) in [6.07, 6.45) is 5.46. The number of aliphatic hydroxyl groups is 1. The lowest BCUT2D eigenvalue weighted by atomic mass is 9.96. The Morgan fingerprint density at radius 2 is 1.74 bits per heavy atom. The molecule has 0 bridgehead atoms. The minimum atomic E-state index is 0.156. The van der Waals surface area contributed by atoms with Gasteiger partial charge in [0, 0.05) is 24.3 Å². The summed E-state index contributed by atoms with van der Waals surface area (Å²) in [6, 6.07) is 0. The molecular weight excluding hydrogens is 288 g/mol. The molecule has 0 spiro atoms. The Morgan fingerprint density at radius 3 is 2.39 bits per heavy atom. The van der Waals surface area contributed by atoms with E-state index in [1.54, 1.807) is 0 Å². The Balaban J connectivity index is 1.50. The SMILES string of the molecule is Cc1nn(CCO)c(C)c1CN1CCC(CN2CCCC2)CC1. The average Bonchev–Trinajstić information content (AvgIpc) is 3.14. The van der Waals surface area contributed by atoms with Crippen molar-refractivity contribution in [3.8, 4) is 0 Å². The summed E-state index contributed by atoms with van der Waals surface area (Å²) in [5.74, 6) is 0.892. The van der Waals surface area contributed by atoms with Crippen molar-refractivity contribution >= 4 is 0 Å². The van der Waals surface area contributed by atoms with E-state index in [2.05, 4.69) is 28.7 Å². The first kappa shape index (κ1) is 16.9. The molecule has 1 N–H and O–H groups in total. The zero-order chi connectivity index (χ0) is 16.2. The van der Waals surface area contributed by atoms with Gasteiger partial charge in [-0.05, 0) is 71.6 Å². The minimum absolute atomic E-state index is 0.156. The highest BCUT2D eigenvalue weighted by Crippen LogP contribution is 2.23. The quantitative estimate of drug-likeness (QED) is 0.868. The molecule has 5 heteroatoms. The van der Waals surface area contributed by atoms with Crippen molar-refractivity contribution in [3.63, 3.8) is 0 Å². The van der Waals surface area contributed by atoms with Gasteiger partial charge in [-0.3, -0.25) is 9.58 Å².